The van der Waals surface area contributed by atoms with Crippen LogP contribution in [0.1, 0.15) is 25.7 Å². The Morgan fingerprint density at radius 2 is 1.87 bits per heavy atom. The molecule has 15 heavy (non-hydrogen) atoms. The van der Waals surface area contributed by atoms with Gasteiger partial charge >= 0.3 is 96.6 Å². The monoisotopic (exact) mass is 272 g/mol. The van der Waals surface area contributed by atoms with Gasteiger partial charge in [-0.2, -0.15) is 0 Å². The third kappa shape index (κ3) is 6.32. The standard InChI is InChI=1S/C12H16O2Se/c13-12(14)9-5-2-6-10-15-11-7-3-1-4-8-11/h1,3-4,7-8H,2,5-6,9-10H2,(H,13,14). The van der Waals surface area contributed by atoms with Crippen molar-refractivity contribution in [2.75, 3.05) is 0 Å². The van der Waals surface area contributed by atoms with Crippen LogP contribution in [-0.2, 0) is 4.79 Å². The van der Waals surface area contributed by atoms with Crippen molar-refractivity contribution < 1.29 is 9.90 Å². The second-order valence-corrected chi connectivity index (χ2v) is 5.82. The first-order valence-electron chi connectivity index (χ1n) is 5.18. The Bertz CT molecular complexity index is 285. The van der Waals surface area contributed by atoms with Gasteiger partial charge in [-0.3, -0.25) is 0 Å². The SMILES string of the molecule is O=C(O)CCCCC[Se]c1ccccc1. The number of aliphatic carboxylic acids is 1. The number of unbranched alkanes of at least 4 members (excludes halogenated alkanes) is 2. The predicted octanol–water partition coefficient (Wildman–Crippen LogP) is 2.08. The maximum absolute atomic E-state index is 10.3. The van der Waals surface area contributed by atoms with E-state index in [1.165, 1.54) is 9.78 Å². The van der Waals surface area contributed by atoms with Gasteiger partial charge < -0.3 is 0 Å². The van der Waals surface area contributed by atoms with Gasteiger partial charge in [-0.1, -0.05) is 0 Å². The van der Waals surface area contributed by atoms with Crippen LogP contribution >= 0.6 is 0 Å². The van der Waals surface area contributed by atoms with Gasteiger partial charge in [0, 0.05) is 0 Å². The van der Waals surface area contributed by atoms with Gasteiger partial charge in [0.2, 0.25) is 0 Å². The third-order valence-electron chi connectivity index (χ3n) is 2.05. The third-order valence-corrected chi connectivity index (χ3v) is 4.35. The molecule has 1 aromatic carbocycles. The Balaban J connectivity index is 2.00. The molecule has 0 fully saturated rings. The molecule has 0 aliphatic heterocycles. The molecule has 0 aliphatic carbocycles. The number of benzene rings is 1. The van der Waals surface area contributed by atoms with Gasteiger partial charge in [0.1, 0.15) is 0 Å². The van der Waals surface area contributed by atoms with Gasteiger partial charge in [-0.15, -0.1) is 0 Å². The fraction of sp³-hybridized carbons (Fsp3) is 0.417. The Morgan fingerprint density at radius 1 is 1.13 bits per heavy atom. The van der Waals surface area contributed by atoms with Crippen LogP contribution in [0.3, 0.4) is 0 Å². The van der Waals surface area contributed by atoms with E-state index in [1.54, 1.807) is 0 Å². The van der Waals surface area contributed by atoms with Gasteiger partial charge in [-0.25, -0.2) is 0 Å². The zero-order valence-electron chi connectivity index (χ0n) is 8.69. The summed E-state index contributed by atoms with van der Waals surface area (Å²) in [7, 11) is 0. The van der Waals surface area contributed by atoms with Crippen molar-refractivity contribution in [2.24, 2.45) is 0 Å². The maximum atomic E-state index is 10.3. The van der Waals surface area contributed by atoms with Crippen molar-refractivity contribution in [3.8, 4) is 0 Å². The molecule has 1 aromatic rings. The van der Waals surface area contributed by atoms with Crippen LogP contribution in [0.2, 0.25) is 5.32 Å². The Morgan fingerprint density at radius 3 is 2.53 bits per heavy atom. The number of rotatable bonds is 7. The normalized spacial score (nSPS) is 10.1. The molecule has 0 spiro atoms. The van der Waals surface area contributed by atoms with Crippen LogP contribution < -0.4 is 4.46 Å². The summed E-state index contributed by atoms with van der Waals surface area (Å²) in [6.07, 6.45) is 3.33. The molecule has 0 amide bonds. The van der Waals surface area contributed by atoms with E-state index < -0.39 is 5.97 Å². The quantitative estimate of drug-likeness (QED) is 0.609. The number of carbonyl (C=O) groups is 1. The van der Waals surface area contributed by atoms with E-state index >= 15 is 0 Å². The van der Waals surface area contributed by atoms with Gasteiger partial charge in [0.05, 0.1) is 0 Å². The second kappa shape index (κ2) is 7.49. The number of carboxylic acids is 1. The molecule has 0 radical (unpaired) electrons. The number of hydrogen-bond acceptors (Lipinski definition) is 1. The summed E-state index contributed by atoms with van der Waals surface area (Å²) < 4.78 is 1.43. The molecular formula is C12H16O2Se. The summed E-state index contributed by atoms with van der Waals surface area (Å²) in [5, 5.41) is 9.67. The summed E-state index contributed by atoms with van der Waals surface area (Å²) in [5.41, 5.74) is 0. The van der Waals surface area contributed by atoms with E-state index in [4.69, 9.17) is 5.11 Å². The van der Waals surface area contributed by atoms with Crippen LogP contribution in [0.15, 0.2) is 30.3 Å². The molecule has 2 nitrogen and oxygen atoms in total. The fourth-order valence-corrected chi connectivity index (χ4v) is 3.22. The summed E-state index contributed by atoms with van der Waals surface area (Å²) >= 11 is 0.560. The summed E-state index contributed by atoms with van der Waals surface area (Å²) in [6.45, 7) is 0. The molecule has 82 valence electrons. The average Bonchev–Trinajstić information content (AvgIpc) is 2.24. The van der Waals surface area contributed by atoms with Gasteiger partial charge in [0.15, 0.2) is 0 Å². The first kappa shape index (κ1) is 12.3. The minimum atomic E-state index is -0.677. The van der Waals surface area contributed by atoms with E-state index in [-0.39, 0.29) is 0 Å². The Hall–Kier alpha value is -0.791. The first-order chi connectivity index (χ1) is 7.29. The molecule has 0 unspecified atom stereocenters. The first-order valence-corrected chi connectivity index (χ1v) is 7.25. The van der Waals surface area contributed by atoms with Crippen LogP contribution in [-0.4, -0.2) is 26.0 Å². The summed E-state index contributed by atoms with van der Waals surface area (Å²) in [6, 6.07) is 10.5. The molecule has 1 N–H and O–H groups in total. The number of hydrogen-bond donors (Lipinski definition) is 1. The molecule has 0 atom stereocenters. The van der Waals surface area contributed by atoms with Gasteiger partial charge in [-0.05, 0) is 0 Å². The molecule has 0 aromatic heterocycles. The summed E-state index contributed by atoms with van der Waals surface area (Å²) in [4.78, 5) is 10.3. The van der Waals surface area contributed by atoms with Crippen molar-refractivity contribution in [1.29, 1.82) is 0 Å². The van der Waals surface area contributed by atoms with E-state index in [0.717, 1.165) is 19.3 Å². The Kier molecular flexibility index (Phi) is 6.14. The second-order valence-electron chi connectivity index (χ2n) is 3.37. The zero-order valence-corrected chi connectivity index (χ0v) is 10.4. The van der Waals surface area contributed by atoms with E-state index in [1.807, 2.05) is 6.07 Å². The van der Waals surface area contributed by atoms with Crippen LogP contribution in [0.4, 0.5) is 0 Å². The van der Waals surface area contributed by atoms with Crippen LogP contribution in [0.25, 0.3) is 0 Å². The van der Waals surface area contributed by atoms with Gasteiger partial charge in [0.25, 0.3) is 0 Å². The van der Waals surface area contributed by atoms with Crippen molar-refractivity contribution >= 4 is 25.4 Å². The topological polar surface area (TPSA) is 37.3 Å². The average molecular weight is 271 g/mol. The van der Waals surface area contributed by atoms with Crippen LogP contribution in [0.5, 0.6) is 0 Å². The Labute approximate surface area is 96.9 Å². The van der Waals surface area contributed by atoms with Crippen molar-refractivity contribution in [3.05, 3.63) is 30.3 Å². The molecule has 3 heteroatoms. The molecule has 0 bridgehead atoms. The van der Waals surface area contributed by atoms with Crippen molar-refractivity contribution in [2.45, 2.75) is 31.0 Å². The van der Waals surface area contributed by atoms with Crippen molar-refractivity contribution in [1.82, 2.24) is 0 Å². The molecule has 0 saturated carbocycles. The molecule has 0 saturated heterocycles. The van der Waals surface area contributed by atoms with E-state index in [9.17, 15) is 4.79 Å². The summed E-state index contributed by atoms with van der Waals surface area (Å²) in [5.74, 6) is -0.677. The molecular weight excluding hydrogens is 255 g/mol. The van der Waals surface area contributed by atoms with Crippen molar-refractivity contribution in [3.63, 3.8) is 0 Å². The number of carboxylic acid groups (broad SMARTS) is 1. The molecule has 0 aliphatic rings. The zero-order chi connectivity index (χ0) is 10.9. The van der Waals surface area contributed by atoms with E-state index in [0.29, 0.717) is 21.4 Å². The fourth-order valence-electron chi connectivity index (χ4n) is 1.26. The minimum absolute atomic E-state index is 0.318. The predicted molar refractivity (Wildman–Crippen MR) is 62.7 cm³/mol. The van der Waals surface area contributed by atoms with Crippen LogP contribution in [0, 0.1) is 0 Å². The van der Waals surface area contributed by atoms with E-state index in [2.05, 4.69) is 24.3 Å². The molecule has 1 rings (SSSR count). The molecule has 0 heterocycles.